The molecule has 1 heterocycles. The molecule has 40 heavy (non-hydrogen) atoms. The molecule has 0 aliphatic heterocycles. The minimum Gasteiger partial charge on any atom is -0.497 e. The molecule has 0 unspecified atom stereocenters. The van der Waals surface area contributed by atoms with Gasteiger partial charge in [0.05, 0.1) is 26.3 Å². The number of hydrogen-bond donors (Lipinski definition) is 1. The number of rotatable bonds is 10. The van der Waals surface area contributed by atoms with Gasteiger partial charge in [-0.25, -0.2) is 4.68 Å². The van der Waals surface area contributed by atoms with Crippen molar-refractivity contribution >= 4 is 28.5 Å². The SMILES string of the molecule is CCOc1cccc(N(C(=O)Cn2nnc3ccccc32)[C@@H](C(=O)NC(C)(C)C)c2cc(OC)cc(OC)c2)c1. The third-order valence-electron chi connectivity index (χ3n) is 6.08. The van der Waals surface area contributed by atoms with Crippen molar-refractivity contribution in [3.8, 4) is 17.2 Å². The molecule has 4 rings (SSSR count). The number of para-hydroxylation sites is 1. The van der Waals surface area contributed by atoms with E-state index in [0.29, 0.717) is 46.1 Å². The molecule has 10 nitrogen and oxygen atoms in total. The Kier molecular flexibility index (Phi) is 8.57. The van der Waals surface area contributed by atoms with Gasteiger partial charge in [0.1, 0.15) is 35.4 Å². The Hall–Kier alpha value is -4.60. The summed E-state index contributed by atoms with van der Waals surface area (Å²) in [5.74, 6) is 0.796. The molecular weight excluding hydrogens is 510 g/mol. The highest BCUT2D eigenvalue weighted by Gasteiger charge is 2.35. The molecule has 1 aromatic heterocycles. The van der Waals surface area contributed by atoms with Gasteiger partial charge in [0, 0.05) is 23.4 Å². The topological polar surface area (TPSA) is 108 Å². The number of amides is 2. The molecule has 0 aliphatic carbocycles. The van der Waals surface area contributed by atoms with E-state index in [1.165, 1.54) is 23.8 Å². The van der Waals surface area contributed by atoms with E-state index in [1.54, 1.807) is 42.5 Å². The highest BCUT2D eigenvalue weighted by Crippen LogP contribution is 2.35. The van der Waals surface area contributed by atoms with E-state index in [-0.39, 0.29) is 18.4 Å². The lowest BCUT2D eigenvalue weighted by atomic mass is 10.00. The van der Waals surface area contributed by atoms with Crippen LogP contribution in [-0.4, -0.2) is 53.2 Å². The van der Waals surface area contributed by atoms with E-state index in [2.05, 4.69) is 15.6 Å². The summed E-state index contributed by atoms with van der Waals surface area (Å²) in [6.45, 7) is 7.84. The molecule has 0 radical (unpaired) electrons. The fourth-order valence-corrected chi connectivity index (χ4v) is 4.41. The van der Waals surface area contributed by atoms with Crippen molar-refractivity contribution < 1.29 is 23.8 Å². The van der Waals surface area contributed by atoms with E-state index in [4.69, 9.17) is 14.2 Å². The Morgan fingerprint density at radius 3 is 2.30 bits per heavy atom. The van der Waals surface area contributed by atoms with Crippen molar-refractivity contribution in [1.29, 1.82) is 0 Å². The van der Waals surface area contributed by atoms with Crippen LogP contribution in [-0.2, 0) is 16.1 Å². The van der Waals surface area contributed by atoms with Crippen LogP contribution in [0.1, 0.15) is 39.3 Å². The smallest absolute Gasteiger partial charge is 0.249 e. The largest absolute Gasteiger partial charge is 0.497 e. The van der Waals surface area contributed by atoms with Crippen LogP contribution in [0.3, 0.4) is 0 Å². The van der Waals surface area contributed by atoms with Gasteiger partial charge < -0.3 is 19.5 Å². The molecule has 0 bridgehead atoms. The van der Waals surface area contributed by atoms with Crippen LogP contribution in [0.4, 0.5) is 5.69 Å². The summed E-state index contributed by atoms with van der Waals surface area (Å²) in [5.41, 5.74) is 1.80. The summed E-state index contributed by atoms with van der Waals surface area (Å²) in [7, 11) is 3.07. The second-order valence-electron chi connectivity index (χ2n) is 10.2. The maximum absolute atomic E-state index is 14.3. The number of fused-ring (bicyclic) bond motifs is 1. The Morgan fingerprint density at radius 1 is 0.950 bits per heavy atom. The van der Waals surface area contributed by atoms with E-state index < -0.39 is 11.6 Å². The lowest BCUT2D eigenvalue weighted by molar-refractivity contribution is -0.128. The van der Waals surface area contributed by atoms with Gasteiger partial charge in [-0.15, -0.1) is 5.10 Å². The normalized spacial score (nSPS) is 12.1. The van der Waals surface area contributed by atoms with Gasteiger partial charge >= 0.3 is 0 Å². The molecular formula is C30H35N5O5. The molecule has 1 N–H and O–H groups in total. The number of benzene rings is 3. The monoisotopic (exact) mass is 545 g/mol. The van der Waals surface area contributed by atoms with Crippen LogP contribution in [0.2, 0.25) is 0 Å². The Morgan fingerprint density at radius 2 is 1.65 bits per heavy atom. The first-order valence-electron chi connectivity index (χ1n) is 13.0. The first-order chi connectivity index (χ1) is 19.1. The predicted octanol–water partition coefficient (Wildman–Crippen LogP) is 4.54. The van der Waals surface area contributed by atoms with Gasteiger partial charge in [-0.1, -0.05) is 23.4 Å². The first kappa shape index (κ1) is 28.4. The third-order valence-corrected chi connectivity index (χ3v) is 6.08. The zero-order chi connectivity index (χ0) is 28.9. The standard InChI is InChI=1S/C30H35N5O5/c1-7-40-22-12-10-11-21(17-22)35(27(36)19-34-26-14-9-8-13-25(26)32-33-34)28(29(37)31-30(2,3)4)20-15-23(38-5)18-24(16-20)39-6/h8-18,28H,7,19H2,1-6H3,(H,31,37)/t28-/m1/s1. The molecule has 4 aromatic rings. The number of carbonyl (C=O) groups excluding carboxylic acids is 2. The number of anilines is 1. The molecule has 0 saturated heterocycles. The molecule has 3 aromatic carbocycles. The van der Waals surface area contributed by atoms with Crippen molar-refractivity contribution in [2.75, 3.05) is 25.7 Å². The summed E-state index contributed by atoms with van der Waals surface area (Å²) in [6.07, 6.45) is 0. The lowest BCUT2D eigenvalue weighted by Crippen LogP contribution is -2.50. The van der Waals surface area contributed by atoms with Gasteiger partial charge in [-0.05, 0) is 69.7 Å². The van der Waals surface area contributed by atoms with Crippen LogP contribution in [0.5, 0.6) is 17.2 Å². The predicted molar refractivity (Wildman–Crippen MR) is 153 cm³/mol. The summed E-state index contributed by atoms with van der Waals surface area (Å²) in [5, 5.41) is 11.4. The second kappa shape index (κ2) is 12.1. The third kappa shape index (κ3) is 6.51. The number of ether oxygens (including phenoxy) is 3. The summed E-state index contributed by atoms with van der Waals surface area (Å²) in [6, 6.07) is 18.6. The summed E-state index contributed by atoms with van der Waals surface area (Å²) in [4.78, 5) is 29.8. The van der Waals surface area contributed by atoms with E-state index in [9.17, 15) is 9.59 Å². The Labute approximate surface area is 233 Å². The van der Waals surface area contributed by atoms with E-state index in [1.807, 2.05) is 52.0 Å². The van der Waals surface area contributed by atoms with Crippen molar-refractivity contribution in [3.63, 3.8) is 0 Å². The van der Waals surface area contributed by atoms with Crippen LogP contribution >= 0.6 is 0 Å². The molecule has 0 spiro atoms. The molecule has 0 saturated carbocycles. The highest BCUT2D eigenvalue weighted by molar-refractivity contribution is 6.02. The number of carbonyl (C=O) groups is 2. The van der Waals surface area contributed by atoms with Crippen molar-refractivity contribution in [3.05, 3.63) is 72.3 Å². The number of aromatic nitrogens is 3. The minimum atomic E-state index is -1.08. The fraction of sp³-hybridized carbons (Fsp3) is 0.333. The maximum atomic E-state index is 14.3. The van der Waals surface area contributed by atoms with E-state index >= 15 is 0 Å². The summed E-state index contributed by atoms with van der Waals surface area (Å²) >= 11 is 0. The van der Waals surface area contributed by atoms with Gasteiger partial charge in [0.15, 0.2) is 0 Å². The Balaban J connectivity index is 1.90. The fourth-order valence-electron chi connectivity index (χ4n) is 4.41. The second-order valence-corrected chi connectivity index (χ2v) is 10.2. The van der Waals surface area contributed by atoms with Gasteiger partial charge in [-0.3, -0.25) is 14.5 Å². The number of methoxy groups -OCH3 is 2. The van der Waals surface area contributed by atoms with Crippen molar-refractivity contribution in [1.82, 2.24) is 20.3 Å². The summed E-state index contributed by atoms with van der Waals surface area (Å²) < 4.78 is 18.3. The van der Waals surface area contributed by atoms with Crippen LogP contribution in [0.25, 0.3) is 11.0 Å². The number of nitrogens with zero attached hydrogens (tertiary/aromatic N) is 4. The molecule has 10 heteroatoms. The zero-order valence-corrected chi connectivity index (χ0v) is 23.7. The average molecular weight is 546 g/mol. The number of nitrogens with one attached hydrogen (secondary N) is 1. The van der Waals surface area contributed by atoms with E-state index in [0.717, 1.165) is 0 Å². The van der Waals surface area contributed by atoms with Gasteiger partial charge in [0.25, 0.3) is 0 Å². The Bertz CT molecular complexity index is 1470. The first-order valence-corrected chi connectivity index (χ1v) is 13.0. The highest BCUT2D eigenvalue weighted by atomic mass is 16.5. The molecule has 0 fully saturated rings. The van der Waals surface area contributed by atoms with Gasteiger partial charge in [0.2, 0.25) is 11.8 Å². The van der Waals surface area contributed by atoms with Crippen LogP contribution in [0, 0.1) is 0 Å². The number of hydrogen-bond acceptors (Lipinski definition) is 7. The molecule has 2 amide bonds. The van der Waals surface area contributed by atoms with Crippen LogP contribution < -0.4 is 24.4 Å². The van der Waals surface area contributed by atoms with Crippen LogP contribution in [0.15, 0.2) is 66.7 Å². The maximum Gasteiger partial charge on any atom is 0.249 e. The quantitative estimate of drug-likeness (QED) is 0.312. The van der Waals surface area contributed by atoms with Gasteiger partial charge in [-0.2, -0.15) is 0 Å². The van der Waals surface area contributed by atoms with Crippen molar-refractivity contribution in [2.24, 2.45) is 0 Å². The average Bonchev–Trinajstić information content (AvgIpc) is 3.33. The molecule has 210 valence electrons. The zero-order valence-electron chi connectivity index (χ0n) is 23.7. The molecule has 0 aliphatic rings. The minimum absolute atomic E-state index is 0.153. The molecule has 1 atom stereocenters. The lowest BCUT2D eigenvalue weighted by Gasteiger charge is -2.34. The van der Waals surface area contributed by atoms with Crippen molar-refractivity contribution in [2.45, 2.75) is 45.8 Å².